The van der Waals surface area contributed by atoms with Crippen LogP contribution < -0.4 is 10.6 Å². The van der Waals surface area contributed by atoms with Gasteiger partial charge >= 0.3 is 0 Å². The van der Waals surface area contributed by atoms with Gasteiger partial charge in [0.1, 0.15) is 17.5 Å². The van der Waals surface area contributed by atoms with Gasteiger partial charge in [-0.1, -0.05) is 32.5 Å². The molecule has 7 nitrogen and oxygen atoms in total. The molecule has 0 bridgehead atoms. The van der Waals surface area contributed by atoms with Crippen LogP contribution in [0.15, 0.2) is 29.6 Å². The van der Waals surface area contributed by atoms with Gasteiger partial charge in [-0.15, -0.1) is 0 Å². The number of carbonyl (C=O) groups is 1. The fourth-order valence-electron chi connectivity index (χ4n) is 2.77. The van der Waals surface area contributed by atoms with E-state index in [0.29, 0.717) is 29.3 Å². The Hall–Kier alpha value is -2.75. The maximum absolute atomic E-state index is 13.8. The Kier molecular flexibility index (Phi) is 7.20. The molecule has 0 aliphatic heterocycles. The summed E-state index contributed by atoms with van der Waals surface area (Å²) < 4.78 is 28.4. The molecule has 0 aliphatic rings. The van der Waals surface area contributed by atoms with E-state index in [1.165, 1.54) is 11.8 Å². The van der Waals surface area contributed by atoms with E-state index in [-0.39, 0.29) is 12.1 Å². The minimum atomic E-state index is -0.896. The summed E-state index contributed by atoms with van der Waals surface area (Å²) >= 11 is 1.53. The van der Waals surface area contributed by atoms with Crippen molar-refractivity contribution >= 4 is 34.5 Å². The molecule has 160 valence electrons. The standard InChI is InChI=1S/C20H24F2N6OS/c1-4-30-20-26-17(24-10-12(2)3)15-11-25-28(18(15)27-20)8-7-23-19(29)14-6-5-13(21)9-16(14)22/h5-6,9,11-12H,4,7-8,10H2,1-3H3,(H,23,29)(H,24,26,27). The van der Waals surface area contributed by atoms with Gasteiger partial charge in [-0.2, -0.15) is 5.10 Å². The third kappa shape index (κ3) is 5.24. The predicted molar refractivity (Wildman–Crippen MR) is 114 cm³/mol. The first kappa shape index (κ1) is 21.9. The van der Waals surface area contributed by atoms with Gasteiger partial charge in [0, 0.05) is 19.2 Å². The van der Waals surface area contributed by atoms with Crippen LogP contribution in [0.4, 0.5) is 14.6 Å². The van der Waals surface area contributed by atoms with Crippen LogP contribution in [0.2, 0.25) is 0 Å². The van der Waals surface area contributed by atoms with E-state index in [0.717, 1.165) is 35.6 Å². The molecule has 0 fully saturated rings. The Morgan fingerprint density at radius 3 is 2.77 bits per heavy atom. The largest absolute Gasteiger partial charge is 0.369 e. The van der Waals surface area contributed by atoms with Gasteiger partial charge in [0.05, 0.1) is 23.7 Å². The molecular formula is C20H24F2N6OS. The number of hydrogen-bond donors (Lipinski definition) is 2. The van der Waals surface area contributed by atoms with E-state index in [1.807, 2.05) is 6.92 Å². The van der Waals surface area contributed by atoms with Crippen molar-refractivity contribution in [3.63, 3.8) is 0 Å². The molecule has 0 unspecified atom stereocenters. The summed E-state index contributed by atoms with van der Waals surface area (Å²) in [6.45, 7) is 7.58. The fourth-order valence-corrected chi connectivity index (χ4v) is 3.34. The monoisotopic (exact) mass is 434 g/mol. The highest BCUT2D eigenvalue weighted by Gasteiger charge is 2.15. The lowest BCUT2D eigenvalue weighted by molar-refractivity contribution is 0.0948. The molecule has 0 radical (unpaired) electrons. The van der Waals surface area contributed by atoms with Crippen LogP contribution >= 0.6 is 11.8 Å². The average Bonchev–Trinajstić information content (AvgIpc) is 3.09. The van der Waals surface area contributed by atoms with Gasteiger partial charge in [-0.05, 0) is 23.8 Å². The van der Waals surface area contributed by atoms with Crippen molar-refractivity contribution in [2.24, 2.45) is 5.92 Å². The zero-order chi connectivity index (χ0) is 21.7. The average molecular weight is 435 g/mol. The molecule has 0 atom stereocenters. The summed E-state index contributed by atoms with van der Waals surface area (Å²) in [7, 11) is 0. The third-order valence-electron chi connectivity index (χ3n) is 4.21. The number of thioether (sulfide) groups is 1. The predicted octanol–water partition coefficient (Wildman–Crippen LogP) is 3.71. The van der Waals surface area contributed by atoms with Crippen LogP contribution in [0.25, 0.3) is 11.0 Å². The normalized spacial score (nSPS) is 11.3. The summed E-state index contributed by atoms with van der Waals surface area (Å²) in [5.41, 5.74) is 0.459. The zero-order valence-electron chi connectivity index (χ0n) is 17.1. The van der Waals surface area contributed by atoms with E-state index in [9.17, 15) is 13.6 Å². The number of carbonyl (C=O) groups excluding carboxylic acids is 1. The highest BCUT2D eigenvalue weighted by Crippen LogP contribution is 2.24. The number of hydrogen-bond acceptors (Lipinski definition) is 6. The van der Waals surface area contributed by atoms with Crippen molar-refractivity contribution in [2.45, 2.75) is 32.5 Å². The first-order chi connectivity index (χ1) is 14.4. The second kappa shape index (κ2) is 9.84. The number of halogens is 2. The van der Waals surface area contributed by atoms with Crippen molar-refractivity contribution in [3.05, 3.63) is 41.6 Å². The van der Waals surface area contributed by atoms with Crippen molar-refractivity contribution in [1.82, 2.24) is 25.1 Å². The minimum Gasteiger partial charge on any atom is -0.369 e. The van der Waals surface area contributed by atoms with Gasteiger partial charge in [-0.3, -0.25) is 4.79 Å². The summed E-state index contributed by atoms with van der Waals surface area (Å²) in [6, 6.07) is 2.86. The lowest BCUT2D eigenvalue weighted by Crippen LogP contribution is -2.28. The first-order valence-electron chi connectivity index (χ1n) is 9.72. The molecule has 0 saturated heterocycles. The molecular weight excluding hydrogens is 410 g/mol. The second-order valence-corrected chi connectivity index (χ2v) is 8.28. The molecule has 0 aliphatic carbocycles. The van der Waals surface area contributed by atoms with Crippen LogP contribution in [0, 0.1) is 17.6 Å². The fraction of sp³-hybridized carbons (Fsp3) is 0.400. The van der Waals surface area contributed by atoms with Gasteiger partial charge in [-0.25, -0.2) is 23.4 Å². The number of rotatable bonds is 9. The third-order valence-corrected chi connectivity index (χ3v) is 4.94. The topological polar surface area (TPSA) is 84.7 Å². The molecule has 10 heteroatoms. The minimum absolute atomic E-state index is 0.203. The number of nitrogens with zero attached hydrogens (tertiary/aromatic N) is 4. The Morgan fingerprint density at radius 2 is 2.07 bits per heavy atom. The summed E-state index contributed by atoms with van der Waals surface area (Å²) in [4.78, 5) is 21.3. The van der Waals surface area contributed by atoms with E-state index in [1.54, 1.807) is 10.9 Å². The van der Waals surface area contributed by atoms with Crippen molar-refractivity contribution in [3.8, 4) is 0 Å². The molecule has 3 aromatic rings. The highest BCUT2D eigenvalue weighted by atomic mass is 32.2. The summed E-state index contributed by atoms with van der Waals surface area (Å²) in [5, 5.41) is 11.8. The van der Waals surface area contributed by atoms with E-state index in [4.69, 9.17) is 0 Å². The highest BCUT2D eigenvalue weighted by molar-refractivity contribution is 7.99. The molecule has 3 rings (SSSR count). The number of nitrogens with one attached hydrogen (secondary N) is 2. The Labute approximate surface area is 177 Å². The van der Waals surface area contributed by atoms with Crippen molar-refractivity contribution in [2.75, 3.05) is 24.2 Å². The van der Waals surface area contributed by atoms with Gasteiger partial charge in [0.15, 0.2) is 10.8 Å². The number of benzene rings is 1. The van der Waals surface area contributed by atoms with Crippen molar-refractivity contribution in [1.29, 1.82) is 0 Å². The van der Waals surface area contributed by atoms with Crippen LogP contribution in [-0.4, -0.2) is 44.5 Å². The Bertz CT molecular complexity index is 1040. The van der Waals surface area contributed by atoms with Gasteiger partial charge in [0.2, 0.25) is 0 Å². The van der Waals surface area contributed by atoms with Crippen LogP contribution in [-0.2, 0) is 6.54 Å². The van der Waals surface area contributed by atoms with Gasteiger partial charge < -0.3 is 10.6 Å². The van der Waals surface area contributed by atoms with Crippen LogP contribution in [0.5, 0.6) is 0 Å². The zero-order valence-corrected chi connectivity index (χ0v) is 17.9. The molecule has 2 heterocycles. The van der Waals surface area contributed by atoms with E-state index in [2.05, 4.69) is 39.5 Å². The van der Waals surface area contributed by atoms with Gasteiger partial charge in [0.25, 0.3) is 5.91 Å². The number of aromatic nitrogens is 4. The quantitative estimate of drug-likeness (QED) is 0.395. The molecule has 2 N–H and O–H groups in total. The lowest BCUT2D eigenvalue weighted by Gasteiger charge is -2.11. The number of fused-ring (bicyclic) bond motifs is 1. The first-order valence-corrected chi connectivity index (χ1v) is 10.7. The molecule has 2 aromatic heterocycles. The Balaban J connectivity index is 1.74. The smallest absolute Gasteiger partial charge is 0.254 e. The van der Waals surface area contributed by atoms with E-state index < -0.39 is 17.5 Å². The maximum Gasteiger partial charge on any atom is 0.254 e. The lowest BCUT2D eigenvalue weighted by atomic mass is 10.2. The SMILES string of the molecule is CCSc1nc(NCC(C)C)c2cnn(CCNC(=O)c3ccc(F)cc3F)c2n1. The summed E-state index contributed by atoms with van der Waals surface area (Å²) in [6.07, 6.45) is 1.69. The maximum atomic E-state index is 13.8. The second-order valence-electron chi connectivity index (χ2n) is 7.05. The molecule has 1 amide bonds. The number of anilines is 1. The summed E-state index contributed by atoms with van der Waals surface area (Å²) in [5.74, 6) is -0.216. The molecule has 30 heavy (non-hydrogen) atoms. The van der Waals surface area contributed by atoms with Crippen molar-refractivity contribution < 1.29 is 13.6 Å². The molecule has 1 aromatic carbocycles. The molecule has 0 spiro atoms. The molecule has 0 saturated carbocycles. The van der Waals surface area contributed by atoms with Crippen LogP contribution in [0.3, 0.4) is 0 Å². The number of amides is 1. The Morgan fingerprint density at radius 1 is 1.27 bits per heavy atom. The van der Waals surface area contributed by atoms with Crippen LogP contribution in [0.1, 0.15) is 31.1 Å². The van der Waals surface area contributed by atoms with E-state index >= 15 is 0 Å².